The predicted molar refractivity (Wildman–Crippen MR) is 61.3 cm³/mol. The molecule has 0 radical (unpaired) electrons. The summed E-state index contributed by atoms with van der Waals surface area (Å²) in [6, 6.07) is 3.81. The van der Waals surface area contributed by atoms with Gasteiger partial charge >= 0.3 is 0 Å². The average molecular weight is 222 g/mol. The summed E-state index contributed by atoms with van der Waals surface area (Å²) < 4.78 is 26.4. The van der Waals surface area contributed by atoms with Crippen molar-refractivity contribution in [2.24, 2.45) is 0 Å². The van der Waals surface area contributed by atoms with Gasteiger partial charge in [0.25, 0.3) is 0 Å². The van der Waals surface area contributed by atoms with Gasteiger partial charge in [0.05, 0.1) is 0 Å². The number of hydrogen-bond acceptors (Lipinski definition) is 0. The highest BCUT2D eigenvalue weighted by Gasteiger charge is 2.27. The summed E-state index contributed by atoms with van der Waals surface area (Å²) in [5, 5.41) is 0. The highest BCUT2D eigenvalue weighted by Crippen LogP contribution is 2.37. The molecule has 0 spiro atoms. The van der Waals surface area contributed by atoms with Crippen LogP contribution in [0.25, 0.3) is 0 Å². The number of hydrogen-bond donors (Lipinski definition) is 0. The minimum absolute atomic E-state index is 0.217. The van der Waals surface area contributed by atoms with E-state index in [0.717, 1.165) is 30.9 Å². The van der Waals surface area contributed by atoms with E-state index in [0.29, 0.717) is 0 Å². The van der Waals surface area contributed by atoms with Crippen LogP contribution in [0.1, 0.15) is 38.7 Å². The molecule has 0 saturated carbocycles. The summed E-state index contributed by atoms with van der Waals surface area (Å²) in [5.74, 6) is -0.985. The Morgan fingerprint density at radius 3 is 2.31 bits per heavy atom. The molecule has 86 valence electrons. The van der Waals surface area contributed by atoms with Gasteiger partial charge in [-0.15, -0.1) is 0 Å². The monoisotopic (exact) mass is 222 g/mol. The van der Waals surface area contributed by atoms with Crippen LogP contribution in [-0.2, 0) is 5.41 Å². The highest BCUT2D eigenvalue weighted by atomic mass is 19.1. The number of halogens is 2. The quantitative estimate of drug-likeness (QED) is 0.619. The molecule has 1 aromatic carbocycles. The summed E-state index contributed by atoms with van der Waals surface area (Å²) >= 11 is 0. The van der Waals surface area contributed by atoms with Crippen molar-refractivity contribution in [2.45, 2.75) is 38.5 Å². The fourth-order valence-corrected chi connectivity index (χ4v) is 2.53. The minimum Gasteiger partial charge on any atom is -0.207 e. The maximum atomic E-state index is 13.2. The van der Waals surface area contributed by atoms with Gasteiger partial charge in [0, 0.05) is 11.5 Å². The van der Waals surface area contributed by atoms with Gasteiger partial charge < -0.3 is 0 Å². The van der Waals surface area contributed by atoms with E-state index in [4.69, 9.17) is 0 Å². The van der Waals surface area contributed by atoms with Crippen LogP contribution in [-0.4, -0.2) is 0 Å². The van der Waals surface area contributed by atoms with Crippen LogP contribution in [0.5, 0.6) is 0 Å². The lowest BCUT2D eigenvalue weighted by molar-refractivity contribution is 0.475. The van der Waals surface area contributed by atoms with Crippen LogP contribution in [0.15, 0.2) is 29.8 Å². The summed E-state index contributed by atoms with van der Waals surface area (Å²) in [4.78, 5) is 0. The topological polar surface area (TPSA) is 0 Å². The van der Waals surface area contributed by atoms with Crippen molar-refractivity contribution in [3.05, 3.63) is 47.0 Å². The van der Waals surface area contributed by atoms with Gasteiger partial charge in [-0.25, -0.2) is 8.78 Å². The van der Waals surface area contributed by atoms with Crippen molar-refractivity contribution in [3.63, 3.8) is 0 Å². The molecule has 0 N–H and O–H groups in total. The molecule has 0 bridgehead atoms. The summed E-state index contributed by atoms with van der Waals surface area (Å²) in [6.07, 6.45) is 5.27. The fourth-order valence-electron chi connectivity index (χ4n) is 2.53. The number of allylic oxidation sites excluding steroid dienone is 2. The molecule has 2 rings (SSSR count). The zero-order valence-electron chi connectivity index (χ0n) is 9.69. The molecule has 0 aliphatic heterocycles. The lowest BCUT2D eigenvalue weighted by Gasteiger charge is -2.31. The Balaban J connectivity index is 2.46. The van der Waals surface area contributed by atoms with E-state index in [1.165, 1.54) is 17.7 Å². The highest BCUT2D eigenvalue weighted by molar-refractivity contribution is 5.33. The Labute approximate surface area is 95.0 Å². The second-order valence-corrected chi connectivity index (χ2v) is 4.92. The number of benzene rings is 1. The third-order valence-electron chi connectivity index (χ3n) is 3.35. The molecular weight excluding hydrogens is 206 g/mol. The van der Waals surface area contributed by atoms with Crippen molar-refractivity contribution >= 4 is 0 Å². The molecule has 0 aromatic heterocycles. The first-order valence-electron chi connectivity index (χ1n) is 5.64. The van der Waals surface area contributed by atoms with Gasteiger partial charge in [0.2, 0.25) is 0 Å². The molecule has 2 heteroatoms. The van der Waals surface area contributed by atoms with E-state index in [2.05, 4.69) is 13.0 Å². The molecular formula is C14H16F2. The predicted octanol–water partition coefficient (Wildman–Crippen LogP) is 4.35. The summed E-state index contributed by atoms with van der Waals surface area (Å²) in [6.45, 7) is 4.12. The van der Waals surface area contributed by atoms with Crippen LogP contribution < -0.4 is 0 Å². The van der Waals surface area contributed by atoms with Gasteiger partial charge in [-0.3, -0.25) is 0 Å². The Hall–Kier alpha value is -1.18. The standard InChI is InChI=1S/C14H16F2/c1-10-4-3-5-14(2,9-10)11-6-12(15)8-13(16)7-11/h6-9H,3-5H2,1-2H3/t14-/m1/s1. The molecule has 1 aliphatic rings. The first-order chi connectivity index (χ1) is 7.49. The molecule has 0 unspecified atom stereocenters. The van der Waals surface area contributed by atoms with Gasteiger partial charge in [0.1, 0.15) is 11.6 Å². The Morgan fingerprint density at radius 2 is 1.75 bits per heavy atom. The molecule has 1 aromatic rings. The third-order valence-corrected chi connectivity index (χ3v) is 3.35. The van der Waals surface area contributed by atoms with Crippen molar-refractivity contribution < 1.29 is 8.78 Å². The first kappa shape index (κ1) is 11.3. The van der Waals surface area contributed by atoms with E-state index < -0.39 is 11.6 Å². The summed E-state index contributed by atoms with van der Waals surface area (Å²) in [5.41, 5.74) is 1.83. The average Bonchev–Trinajstić information content (AvgIpc) is 2.15. The normalized spacial score (nSPS) is 25.4. The number of rotatable bonds is 1. The van der Waals surface area contributed by atoms with Crippen LogP contribution in [0, 0.1) is 11.6 Å². The zero-order valence-corrected chi connectivity index (χ0v) is 9.69. The van der Waals surface area contributed by atoms with Crippen molar-refractivity contribution in [2.75, 3.05) is 0 Å². The third kappa shape index (κ3) is 2.16. The maximum absolute atomic E-state index is 13.2. The van der Waals surface area contributed by atoms with Crippen molar-refractivity contribution in [1.82, 2.24) is 0 Å². The van der Waals surface area contributed by atoms with Gasteiger partial charge in [0.15, 0.2) is 0 Å². The zero-order chi connectivity index (χ0) is 11.8. The second kappa shape index (κ2) is 4.00. The fraction of sp³-hybridized carbons (Fsp3) is 0.429. The van der Waals surface area contributed by atoms with E-state index in [1.807, 2.05) is 6.92 Å². The Bertz CT molecular complexity index is 414. The van der Waals surface area contributed by atoms with Crippen LogP contribution in [0.3, 0.4) is 0 Å². The molecule has 16 heavy (non-hydrogen) atoms. The smallest absolute Gasteiger partial charge is 0.126 e. The Kier molecular flexibility index (Phi) is 2.83. The minimum atomic E-state index is -0.493. The van der Waals surface area contributed by atoms with Crippen molar-refractivity contribution in [1.29, 1.82) is 0 Å². The molecule has 0 fully saturated rings. The molecule has 0 amide bonds. The van der Waals surface area contributed by atoms with Crippen LogP contribution >= 0.6 is 0 Å². The van der Waals surface area contributed by atoms with Crippen molar-refractivity contribution in [3.8, 4) is 0 Å². The van der Waals surface area contributed by atoms with Crippen LogP contribution in [0.4, 0.5) is 8.78 Å². The SMILES string of the molecule is CC1=C[C@](C)(c2cc(F)cc(F)c2)CCC1. The van der Waals surface area contributed by atoms with Gasteiger partial charge in [-0.05, 0) is 43.9 Å². The lowest BCUT2D eigenvalue weighted by atomic mass is 9.73. The molecule has 0 heterocycles. The van der Waals surface area contributed by atoms with E-state index in [-0.39, 0.29) is 5.41 Å². The molecule has 0 nitrogen and oxygen atoms in total. The van der Waals surface area contributed by atoms with E-state index in [1.54, 1.807) is 0 Å². The molecule has 0 saturated heterocycles. The second-order valence-electron chi connectivity index (χ2n) is 4.92. The van der Waals surface area contributed by atoms with E-state index >= 15 is 0 Å². The lowest BCUT2D eigenvalue weighted by Crippen LogP contribution is -2.22. The Morgan fingerprint density at radius 1 is 1.12 bits per heavy atom. The largest absolute Gasteiger partial charge is 0.207 e. The summed E-state index contributed by atoms with van der Waals surface area (Å²) in [7, 11) is 0. The van der Waals surface area contributed by atoms with E-state index in [9.17, 15) is 8.78 Å². The van der Waals surface area contributed by atoms with Gasteiger partial charge in [-0.1, -0.05) is 18.6 Å². The van der Waals surface area contributed by atoms with Gasteiger partial charge in [-0.2, -0.15) is 0 Å². The maximum Gasteiger partial charge on any atom is 0.126 e. The molecule has 1 atom stereocenters. The molecule has 1 aliphatic carbocycles. The van der Waals surface area contributed by atoms with Crippen LogP contribution in [0.2, 0.25) is 0 Å². The first-order valence-corrected chi connectivity index (χ1v) is 5.64.